The van der Waals surface area contributed by atoms with Crippen LogP contribution < -0.4 is 16.4 Å². The van der Waals surface area contributed by atoms with Crippen LogP contribution in [0.4, 0.5) is 51.7 Å². The summed E-state index contributed by atoms with van der Waals surface area (Å²) in [5, 5.41) is 56.9. The second-order valence-corrected chi connectivity index (χ2v) is 22.3. The second kappa shape index (κ2) is 23.2. The van der Waals surface area contributed by atoms with Crippen molar-refractivity contribution < 1.29 is 81.3 Å². The normalized spacial score (nSPS) is 12.6. The van der Waals surface area contributed by atoms with Gasteiger partial charge in [-0.1, -0.05) is 17.0 Å². The summed E-state index contributed by atoms with van der Waals surface area (Å²) >= 11 is 6.50. The summed E-state index contributed by atoms with van der Waals surface area (Å²) in [5.41, 5.74) is 4.69. The van der Waals surface area contributed by atoms with Crippen LogP contribution in [0.2, 0.25) is 5.28 Å². The molecule has 0 amide bonds. The van der Waals surface area contributed by atoms with E-state index in [2.05, 4.69) is 64.8 Å². The molecule has 0 aliphatic carbocycles. The molecule has 0 spiro atoms. The van der Waals surface area contributed by atoms with E-state index < -0.39 is 89.8 Å². The van der Waals surface area contributed by atoms with E-state index in [1.54, 1.807) is 6.92 Å². The Bertz CT molecular complexity index is 3490. The molecule has 0 unspecified atom stereocenters. The molecular weight excluding hydrogens is 1090 g/mol. The Balaban J connectivity index is 1.34. The summed E-state index contributed by atoms with van der Waals surface area (Å²) in [4.78, 5) is 9.80. The van der Waals surface area contributed by atoms with Crippen LogP contribution in [0.25, 0.3) is 10.8 Å². The number of phenolic OH excluding ortho intramolecular Hbond substituents is 1. The molecule has 1 aromatic heterocycles. The van der Waals surface area contributed by atoms with E-state index >= 15 is 0 Å². The van der Waals surface area contributed by atoms with Crippen molar-refractivity contribution in [2.24, 2.45) is 20.5 Å². The fourth-order valence-corrected chi connectivity index (χ4v) is 10.7. The molecule has 0 atom stereocenters. The SMILES string of the molecule is CCCS(=O)(=O)c1ccc(Nc2nc(Cl)nc(Nc3ccc(S(=O)(=O)O)c(/N=N/c4c(SOOO)cc5c(/N=N/c6ccc(S(=O)(=O)CCOSOOO)cc6S(=O)(=O)O)c(N)ccc5c4O)c3)n2)cc1. The number of nitrogen functional groups attached to an aromatic ring is 1. The number of aromatic nitrogens is 3. The molecule has 28 nitrogen and oxygen atoms in total. The minimum absolute atomic E-state index is 0.0336. The zero-order valence-electron chi connectivity index (χ0n) is 35.4. The number of benzene rings is 5. The van der Waals surface area contributed by atoms with Crippen molar-refractivity contribution in [1.29, 1.82) is 0 Å². The number of hydrogen-bond acceptors (Lipinski definition) is 28. The van der Waals surface area contributed by atoms with Gasteiger partial charge in [-0.05, 0) is 96.9 Å². The van der Waals surface area contributed by atoms with Gasteiger partial charge >= 0.3 is 0 Å². The molecule has 0 saturated heterocycles. The maximum Gasteiger partial charge on any atom is 0.296 e. The molecule has 378 valence electrons. The van der Waals surface area contributed by atoms with Crippen molar-refractivity contribution >= 4 is 138 Å². The lowest BCUT2D eigenvalue weighted by molar-refractivity contribution is -0.434. The molecule has 0 aliphatic heterocycles. The van der Waals surface area contributed by atoms with Crippen LogP contribution in [0, 0.1) is 0 Å². The van der Waals surface area contributed by atoms with Gasteiger partial charge in [-0.25, -0.2) is 27.4 Å². The quantitative estimate of drug-likeness (QED) is 0.00570. The molecule has 35 heteroatoms. The summed E-state index contributed by atoms with van der Waals surface area (Å²) < 4.78 is 134. The summed E-state index contributed by atoms with van der Waals surface area (Å²) in [5.74, 6) is -1.74. The highest BCUT2D eigenvalue weighted by molar-refractivity contribution is 7.94. The summed E-state index contributed by atoms with van der Waals surface area (Å²) in [6, 6.07) is 15.2. The van der Waals surface area contributed by atoms with E-state index in [1.807, 2.05) is 0 Å². The highest BCUT2D eigenvalue weighted by Crippen LogP contribution is 2.48. The molecule has 0 saturated carbocycles. The molecule has 0 fully saturated rings. The number of phenols is 1. The number of fused-ring (bicyclic) bond motifs is 1. The Labute approximate surface area is 415 Å². The number of halogens is 1. The minimum Gasteiger partial charge on any atom is -0.505 e. The maximum atomic E-state index is 12.9. The van der Waals surface area contributed by atoms with Gasteiger partial charge in [0.1, 0.15) is 32.5 Å². The lowest BCUT2D eigenvalue weighted by Crippen LogP contribution is -2.12. The molecule has 6 rings (SSSR count). The summed E-state index contributed by atoms with van der Waals surface area (Å²) in [7, 11) is -17.9. The molecule has 0 radical (unpaired) electrons. The predicted molar refractivity (Wildman–Crippen MR) is 252 cm³/mol. The molecule has 0 bridgehead atoms. The molecular formula is C36H33ClN10O18S6. The Morgan fingerprint density at radius 2 is 1.27 bits per heavy atom. The van der Waals surface area contributed by atoms with Gasteiger partial charge in [0.05, 0.1) is 50.5 Å². The molecule has 1 heterocycles. The Morgan fingerprint density at radius 1 is 0.662 bits per heavy atom. The van der Waals surface area contributed by atoms with Gasteiger partial charge in [-0.2, -0.15) is 31.8 Å². The van der Waals surface area contributed by atoms with E-state index in [9.17, 15) is 47.9 Å². The van der Waals surface area contributed by atoms with Gasteiger partial charge in [0.15, 0.2) is 37.7 Å². The van der Waals surface area contributed by atoms with Crippen molar-refractivity contribution in [3.05, 3.63) is 84.1 Å². The van der Waals surface area contributed by atoms with E-state index in [0.717, 1.165) is 24.3 Å². The smallest absolute Gasteiger partial charge is 0.296 e. The average Bonchev–Trinajstić information content (AvgIpc) is 3.29. The van der Waals surface area contributed by atoms with Gasteiger partial charge in [0.25, 0.3) is 20.2 Å². The summed E-state index contributed by atoms with van der Waals surface area (Å²) in [6.07, 6.45) is 0.430. The number of nitrogens with one attached hydrogen (secondary N) is 2. The third-order valence-corrected chi connectivity index (χ3v) is 15.6. The molecule has 71 heavy (non-hydrogen) atoms. The first-order valence-electron chi connectivity index (χ1n) is 19.1. The number of aromatic hydroxyl groups is 1. The number of anilines is 5. The molecule has 9 N–H and O–H groups in total. The number of rotatable bonds is 23. The van der Waals surface area contributed by atoms with Gasteiger partial charge < -0.3 is 21.5 Å². The predicted octanol–water partition coefficient (Wildman–Crippen LogP) is 8.16. The lowest BCUT2D eigenvalue weighted by Gasteiger charge is -2.12. The molecule has 6 aromatic rings. The second-order valence-electron chi connectivity index (χ2n) is 13.8. The van der Waals surface area contributed by atoms with E-state index in [1.165, 1.54) is 48.5 Å². The third kappa shape index (κ3) is 14.0. The van der Waals surface area contributed by atoms with Crippen molar-refractivity contribution in [3.8, 4) is 5.75 Å². The number of azo groups is 2. The fourth-order valence-electron chi connectivity index (χ4n) is 6.00. The zero-order valence-corrected chi connectivity index (χ0v) is 41.1. The van der Waals surface area contributed by atoms with Crippen LogP contribution in [-0.2, 0) is 62.8 Å². The van der Waals surface area contributed by atoms with Crippen molar-refractivity contribution in [2.75, 3.05) is 34.5 Å². The first kappa shape index (κ1) is 54.5. The lowest BCUT2D eigenvalue weighted by atomic mass is 10.1. The first-order valence-corrected chi connectivity index (χ1v) is 27.1. The first-order chi connectivity index (χ1) is 33.5. The van der Waals surface area contributed by atoms with Crippen LogP contribution in [0.3, 0.4) is 0 Å². The van der Waals surface area contributed by atoms with E-state index in [0.29, 0.717) is 18.2 Å². The van der Waals surface area contributed by atoms with Gasteiger partial charge in [-0.3, -0.25) is 13.3 Å². The number of hydrogen-bond donors (Lipinski definition) is 8. The van der Waals surface area contributed by atoms with Crippen molar-refractivity contribution in [2.45, 2.75) is 37.8 Å². The third-order valence-electron chi connectivity index (χ3n) is 9.06. The fraction of sp³-hybridized carbons (Fsp3) is 0.139. The number of sulfone groups is 2. The van der Waals surface area contributed by atoms with Crippen LogP contribution in [0.15, 0.2) is 124 Å². The molecule has 5 aromatic carbocycles. The van der Waals surface area contributed by atoms with Crippen LogP contribution >= 0.6 is 36.0 Å². The Kier molecular flexibility index (Phi) is 17.8. The molecule has 0 aliphatic rings. The van der Waals surface area contributed by atoms with E-state index in [-0.39, 0.29) is 84.9 Å². The topological polar surface area (TPSA) is 422 Å². The minimum atomic E-state index is -5.17. The Morgan fingerprint density at radius 3 is 1.92 bits per heavy atom. The van der Waals surface area contributed by atoms with Crippen LogP contribution in [0.1, 0.15) is 13.3 Å². The standard InChI is InChI=1S/C36H33ClN10O18S6/c1-2-14-68(51,52)21-6-3-19(4-7-21)39-35-41-34(37)42-36(43-35)40-20-5-12-29(70(55,56)57)27(16-20)45-47-32-28(66-64-62-49)18-24-23(33(32)48)9-10-25(38)31(24)46-44-26-11-8-22(17-30(26)71(58,59)60)69(53,54)15-13-61-67-65-63-50/h3-12,16-18,48-50H,2,13-15,38H2,1H3,(H,55,56,57)(H,58,59,60)(H2,39,40,41,42,43)/b46-44+,47-45+. The average molecular weight is 1120 g/mol. The highest BCUT2D eigenvalue weighted by atomic mass is 35.5. The highest BCUT2D eigenvalue weighted by Gasteiger charge is 2.24. The van der Waals surface area contributed by atoms with Crippen LogP contribution in [0.5, 0.6) is 5.75 Å². The maximum absolute atomic E-state index is 12.9. The van der Waals surface area contributed by atoms with Crippen molar-refractivity contribution in [1.82, 2.24) is 15.0 Å². The van der Waals surface area contributed by atoms with Gasteiger partial charge in [0.2, 0.25) is 17.2 Å². The van der Waals surface area contributed by atoms with Crippen molar-refractivity contribution in [3.63, 3.8) is 0 Å². The van der Waals surface area contributed by atoms with Gasteiger partial charge in [-0.15, -0.1) is 29.1 Å². The largest absolute Gasteiger partial charge is 0.505 e. The van der Waals surface area contributed by atoms with Crippen LogP contribution in [-0.4, -0.2) is 91.5 Å². The summed E-state index contributed by atoms with van der Waals surface area (Å²) in [6.45, 7) is 1.23. The Hall–Kier alpha value is -5.80. The van der Waals surface area contributed by atoms with Gasteiger partial charge in [0, 0.05) is 22.1 Å². The zero-order chi connectivity index (χ0) is 51.7. The number of nitrogens with zero attached hydrogens (tertiary/aromatic N) is 7. The monoisotopic (exact) mass is 1120 g/mol. The van der Waals surface area contributed by atoms with E-state index in [4.69, 9.17) is 32.0 Å². The number of nitrogens with two attached hydrogens (primary N) is 1.